The molecule has 16 heavy (non-hydrogen) atoms. The monoisotopic (exact) mass is 284 g/mol. The van der Waals surface area contributed by atoms with E-state index >= 15 is 0 Å². The SMILES string of the molecule is O=C(CCn1cc(Br)cn1)Nc1ncn[nH]1. The van der Waals surface area contributed by atoms with Crippen molar-refractivity contribution in [3.05, 3.63) is 23.2 Å². The average molecular weight is 285 g/mol. The second-order valence-electron chi connectivity index (χ2n) is 3.05. The second kappa shape index (κ2) is 4.88. The largest absolute Gasteiger partial charge is 0.295 e. The van der Waals surface area contributed by atoms with Gasteiger partial charge in [0.05, 0.1) is 10.7 Å². The van der Waals surface area contributed by atoms with Gasteiger partial charge in [-0.2, -0.15) is 15.2 Å². The summed E-state index contributed by atoms with van der Waals surface area (Å²) in [6.45, 7) is 0.519. The first-order valence-electron chi connectivity index (χ1n) is 4.57. The summed E-state index contributed by atoms with van der Waals surface area (Å²) in [5, 5.41) is 12.8. The van der Waals surface area contributed by atoms with Crippen LogP contribution < -0.4 is 5.32 Å². The van der Waals surface area contributed by atoms with Crippen molar-refractivity contribution < 1.29 is 4.79 Å². The third kappa shape index (κ3) is 2.89. The smallest absolute Gasteiger partial charge is 0.228 e. The van der Waals surface area contributed by atoms with Crippen molar-refractivity contribution in [2.24, 2.45) is 0 Å². The predicted molar refractivity (Wildman–Crippen MR) is 59.6 cm³/mol. The lowest BCUT2D eigenvalue weighted by Gasteiger charge is -2.01. The maximum Gasteiger partial charge on any atom is 0.228 e. The topological polar surface area (TPSA) is 88.5 Å². The molecular weight excluding hydrogens is 276 g/mol. The first kappa shape index (κ1) is 10.8. The van der Waals surface area contributed by atoms with Crippen LogP contribution in [0.1, 0.15) is 6.42 Å². The van der Waals surface area contributed by atoms with E-state index in [9.17, 15) is 4.79 Å². The van der Waals surface area contributed by atoms with Crippen LogP contribution in [0.5, 0.6) is 0 Å². The van der Waals surface area contributed by atoms with Gasteiger partial charge in [-0.3, -0.25) is 14.8 Å². The quantitative estimate of drug-likeness (QED) is 0.869. The summed E-state index contributed by atoms with van der Waals surface area (Å²) >= 11 is 3.28. The Morgan fingerprint density at radius 3 is 3.12 bits per heavy atom. The zero-order valence-corrected chi connectivity index (χ0v) is 9.81. The number of H-pyrrole nitrogens is 1. The Morgan fingerprint density at radius 1 is 1.62 bits per heavy atom. The Balaban J connectivity index is 1.80. The van der Waals surface area contributed by atoms with E-state index in [0.29, 0.717) is 18.9 Å². The van der Waals surface area contributed by atoms with Crippen molar-refractivity contribution in [3.63, 3.8) is 0 Å². The van der Waals surface area contributed by atoms with Gasteiger partial charge in [0.15, 0.2) is 0 Å². The van der Waals surface area contributed by atoms with Crippen LogP contribution in [-0.2, 0) is 11.3 Å². The van der Waals surface area contributed by atoms with Gasteiger partial charge in [-0.25, -0.2) is 5.10 Å². The molecule has 0 aliphatic rings. The maximum atomic E-state index is 11.4. The lowest BCUT2D eigenvalue weighted by molar-refractivity contribution is -0.116. The number of carbonyl (C=O) groups is 1. The van der Waals surface area contributed by atoms with Gasteiger partial charge in [0.25, 0.3) is 0 Å². The molecule has 2 rings (SSSR count). The molecule has 2 aromatic heterocycles. The van der Waals surface area contributed by atoms with Gasteiger partial charge >= 0.3 is 0 Å². The zero-order chi connectivity index (χ0) is 11.4. The van der Waals surface area contributed by atoms with Crippen molar-refractivity contribution in [1.29, 1.82) is 0 Å². The second-order valence-corrected chi connectivity index (χ2v) is 3.97. The van der Waals surface area contributed by atoms with Crippen LogP contribution in [0.3, 0.4) is 0 Å². The van der Waals surface area contributed by atoms with E-state index in [-0.39, 0.29) is 5.91 Å². The molecule has 7 nitrogen and oxygen atoms in total. The molecule has 0 atom stereocenters. The molecule has 0 fully saturated rings. The summed E-state index contributed by atoms with van der Waals surface area (Å²) in [6, 6.07) is 0. The van der Waals surface area contributed by atoms with Gasteiger partial charge in [0.1, 0.15) is 6.33 Å². The number of rotatable bonds is 4. The highest BCUT2D eigenvalue weighted by atomic mass is 79.9. The lowest BCUT2D eigenvalue weighted by atomic mass is 10.4. The van der Waals surface area contributed by atoms with Crippen molar-refractivity contribution in [3.8, 4) is 0 Å². The molecule has 2 heterocycles. The Bertz CT molecular complexity index is 465. The van der Waals surface area contributed by atoms with E-state index in [2.05, 4.69) is 41.5 Å². The molecular formula is C8H9BrN6O. The van der Waals surface area contributed by atoms with Crippen molar-refractivity contribution >= 4 is 27.8 Å². The molecule has 0 aromatic carbocycles. The van der Waals surface area contributed by atoms with Crippen LogP contribution in [0.2, 0.25) is 0 Å². The summed E-state index contributed by atoms with van der Waals surface area (Å²) in [7, 11) is 0. The Hall–Kier alpha value is -1.70. The Labute approximate surface area is 99.4 Å². The molecule has 0 aliphatic carbocycles. The number of halogens is 1. The van der Waals surface area contributed by atoms with Gasteiger partial charge in [0, 0.05) is 19.2 Å². The first-order valence-corrected chi connectivity index (χ1v) is 5.36. The van der Waals surface area contributed by atoms with Crippen LogP contribution in [0.15, 0.2) is 23.2 Å². The molecule has 0 bridgehead atoms. The van der Waals surface area contributed by atoms with E-state index in [1.807, 2.05) is 6.20 Å². The maximum absolute atomic E-state index is 11.4. The summed E-state index contributed by atoms with van der Waals surface area (Å²) in [5.41, 5.74) is 0. The van der Waals surface area contributed by atoms with Gasteiger partial charge < -0.3 is 0 Å². The molecule has 0 saturated carbocycles. The van der Waals surface area contributed by atoms with Crippen LogP contribution in [0.4, 0.5) is 5.95 Å². The summed E-state index contributed by atoms with van der Waals surface area (Å²) in [4.78, 5) is 15.2. The van der Waals surface area contributed by atoms with E-state index in [1.165, 1.54) is 6.33 Å². The van der Waals surface area contributed by atoms with E-state index in [1.54, 1.807) is 10.9 Å². The van der Waals surface area contributed by atoms with Crippen molar-refractivity contribution in [1.82, 2.24) is 25.0 Å². The minimum absolute atomic E-state index is 0.136. The van der Waals surface area contributed by atoms with Gasteiger partial charge in [-0.15, -0.1) is 0 Å². The molecule has 2 N–H and O–H groups in total. The summed E-state index contributed by atoms with van der Waals surface area (Å²) in [6.07, 6.45) is 5.14. The van der Waals surface area contributed by atoms with Crippen molar-refractivity contribution in [2.45, 2.75) is 13.0 Å². The number of hydrogen-bond donors (Lipinski definition) is 2. The van der Waals surface area contributed by atoms with E-state index < -0.39 is 0 Å². The standard InChI is InChI=1S/C8H9BrN6O/c9-6-3-12-15(4-6)2-1-7(16)13-8-10-5-11-14-8/h3-5H,1-2H2,(H2,10,11,13,14,16). The normalized spacial score (nSPS) is 10.3. The highest BCUT2D eigenvalue weighted by Crippen LogP contribution is 2.06. The lowest BCUT2D eigenvalue weighted by Crippen LogP contribution is -2.15. The van der Waals surface area contributed by atoms with Gasteiger partial charge in [-0.1, -0.05) is 0 Å². The van der Waals surface area contributed by atoms with Crippen molar-refractivity contribution in [2.75, 3.05) is 5.32 Å². The molecule has 0 radical (unpaired) electrons. The predicted octanol–water partition coefficient (Wildman–Crippen LogP) is 0.792. The van der Waals surface area contributed by atoms with Gasteiger partial charge in [0.2, 0.25) is 11.9 Å². The molecule has 84 valence electrons. The minimum Gasteiger partial charge on any atom is -0.295 e. The number of carbonyl (C=O) groups excluding carboxylic acids is 1. The van der Waals surface area contributed by atoms with Crippen LogP contribution >= 0.6 is 15.9 Å². The highest BCUT2D eigenvalue weighted by Gasteiger charge is 2.04. The zero-order valence-electron chi connectivity index (χ0n) is 8.22. The molecule has 0 spiro atoms. The first-order chi connectivity index (χ1) is 7.74. The molecule has 8 heteroatoms. The number of nitrogens with zero attached hydrogens (tertiary/aromatic N) is 4. The molecule has 1 amide bonds. The fraction of sp³-hybridized carbons (Fsp3) is 0.250. The van der Waals surface area contributed by atoms with E-state index in [4.69, 9.17) is 0 Å². The van der Waals surface area contributed by atoms with E-state index in [0.717, 1.165) is 4.47 Å². The fourth-order valence-corrected chi connectivity index (χ4v) is 1.46. The van der Waals surface area contributed by atoms with Crippen LogP contribution in [-0.4, -0.2) is 30.9 Å². The Kier molecular flexibility index (Phi) is 3.30. The highest BCUT2D eigenvalue weighted by molar-refractivity contribution is 9.10. The number of anilines is 1. The third-order valence-electron chi connectivity index (χ3n) is 1.84. The number of aryl methyl sites for hydroxylation is 1. The molecule has 0 aliphatic heterocycles. The van der Waals surface area contributed by atoms with Gasteiger partial charge in [-0.05, 0) is 15.9 Å². The Morgan fingerprint density at radius 2 is 2.50 bits per heavy atom. The fourth-order valence-electron chi connectivity index (χ4n) is 1.14. The third-order valence-corrected chi connectivity index (χ3v) is 2.25. The number of amides is 1. The summed E-state index contributed by atoms with van der Waals surface area (Å²) in [5.74, 6) is 0.218. The number of hydrogen-bond acceptors (Lipinski definition) is 4. The number of aromatic amines is 1. The molecule has 2 aromatic rings. The average Bonchev–Trinajstić information content (AvgIpc) is 2.87. The van der Waals surface area contributed by atoms with Crippen LogP contribution in [0.25, 0.3) is 0 Å². The molecule has 0 saturated heterocycles. The number of nitrogens with one attached hydrogen (secondary N) is 2. The minimum atomic E-state index is -0.136. The summed E-state index contributed by atoms with van der Waals surface area (Å²) < 4.78 is 2.58. The van der Waals surface area contributed by atoms with Crippen LogP contribution in [0, 0.1) is 0 Å². The molecule has 0 unspecified atom stereocenters. The number of aromatic nitrogens is 5.